The van der Waals surface area contributed by atoms with E-state index in [9.17, 15) is 17.6 Å². The molecule has 0 heterocycles. The van der Waals surface area contributed by atoms with E-state index < -0.39 is 19.0 Å². The molecule has 1 aromatic carbocycles. The Bertz CT molecular complexity index is 303. The van der Waals surface area contributed by atoms with Crippen LogP contribution in [0.3, 0.4) is 0 Å². The maximum absolute atomic E-state index is 12.7. The molecule has 84 valence electrons. The number of hydrogen-bond donors (Lipinski definition) is 1. The summed E-state index contributed by atoms with van der Waals surface area (Å²) in [5, 5.41) is 0. The van der Waals surface area contributed by atoms with Crippen LogP contribution in [0.25, 0.3) is 0 Å². The Balaban J connectivity index is 2.58. The molecule has 0 aliphatic rings. The lowest BCUT2D eigenvalue weighted by Crippen LogP contribution is -2.29. The molecule has 0 bridgehead atoms. The van der Waals surface area contributed by atoms with Gasteiger partial charge in [-0.3, -0.25) is 0 Å². The quantitative estimate of drug-likeness (QED) is 0.628. The Kier molecular flexibility index (Phi) is 3.76. The summed E-state index contributed by atoms with van der Waals surface area (Å²) in [6, 6.07) is 5.30. The molecule has 0 fully saturated rings. The standard InChI is InChI=1S/C9H9F4NO/c10-7(8(11)12)9(13)15-6-3-1-5(14)2-4-6/h1-4,7-9H,14H2. The van der Waals surface area contributed by atoms with Crippen molar-refractivity contribution in [2.75, 3.05) is 5.73 Å². The highest BCUT2D eigenvalue weighted by atomic mass is 19.3. The Labute approximate surface area is 83.6 Å². The van der Waals surface area contributed by atoms with Gasteiger partial charge in [0.05, 0.1) is 0 Å². The Hall–Kier alpha value is -1.46. The molecule has 2 nitrogen and oxygen atoms in total. The molecule has 2 atom stereocenters. The van der Waals surface area contributed by atoms with E-state index in [1.54, 1.807) is 0 Å². The molecule has 2 unspecified atom stereocenters. The second-order valence-electron chi connectivity index (χ2n) is 2.82. The van der Waals surface area contributed by atoms with Crippen LogP contribution in [-0.4, -0.2) is 19.0 Å². The van der Waals surface area contributed by atoms with Gasteiger partial charge in [-0.05, 0) is 24.3 Å². The number of nitrogen functional groups attached to an aromatic ring is 1. The van der Waals surface area contributed by atoms with Crippen molar-refractivity contribution in [1.82, 2.24) is 0 Å². The summed E-state index contributed by atoms with van der Waals surface area (Å²) in [7, 11) is 0. The van der Waals surface area contributed by atoms with Gasteiger partial charge in [0.1, 0.15) is 5.75 Å². The zero-order chi connectivity index (χ0) is 11.4. The summed E-state index contributed by atoms with van der Waals surface area (Å²) < 4.78 is 52.9. The van der Waals surface area contributed by atoms with Crippen LogP contribution >= 0.6 is 0 Å². The molecular weight excluding hydrogens is 214 g/mol. The SMILES string of the molecule is Nc1ccc(OC(F)C(F)C(F)F)cc1. The molecule has 0 aliphatic heterocycles. The number of rotatable bonds is 4. The lowest BCUT2D eigenvalue weighted by atomic mass is 10.3. The minimum atomic E-state index is -3.41. The van der Waals surface area contributed by atoms with Gasteiger partial charge in [-0.25, -0.2) is 13.2 Å². The van der Waals surface area contributed by atoms with Crippen molar-refractivity contribution in [2.45, 2.75) is 19.0 Å². The third-order valence-electron chi connectivity index (χ3n) is 1.62. The topological polar surface area (TPSA) is 35.2 Å². The van der Waals surface area contributed by atoms with E-state index in [1.807, 2.05) is 0 Å². The van der Waals surface area contributed by atoms with Crippen molar-refractivity contribution in [3.05, 3.63) is 24.3 Å². The third kappa shape index (κ3) is 3.30. The fourth-order valence-electron chi connectivity index (χ4n) is 0.856. The predicted octanol–water partition coefficient (Wildman–Crippen LogP) is 2.55. The van der Waals surface area contributed by atoms with Gasteiger partial charge in [0.2, 0.25) is 6.17 Å². The molecule has 0 saturated carbocycles. The van der Waals surface area contributed by atoms with Crippen molar-refractivity contribution < 1.29 is 22.3 Å². The Morgan fingerprint density at radius 2 is 1.53 bits per heavy atom. The van der Waals surface area contributed by atoms with Crippen LogP contribution in [0.1, 0.15) is 0 Å². The van der Waals surface area contributed by atoms with Gasteiger partial charge in [-0.1, -0.05) is 0 Å². The lowest BCUT2D eigenvalue weighted by Gasteiger charge is -2.14. The first-order valence-electron chi connectivity index (χ1n) is 4.09. The van der Waals surface area contributed by atoms with Crippen LogP contribution in [0, 0.1) is 0 Å². The lowest BCUT2D eigenvalue weighted by molar-refractivity contribution is -0.0750. The summed E-state index contributed by atoms with van der Waals surface area (Å²) >= 11 is 0. The highest BCUT2D eigenvalue weighted by Gasteiger charge is 2.31. The second-order valence-corrected chi connectivity index (χ2v) is 2.82. The molecular formula is C9H9F4NO. The van der Waals surface area contributed by atoms with Crippen molar-refractivity contribution in [3.8, 4) is 5.75 Å². The van der Waals surface area contributed by atoms with Crippen LogP contribution in [0.2, 0.25) is 0 Å². The summed E-state index contributed by atoms with van der Waals surface area (Å²) in [6.07, 6.45) is -9.05. The van der Waals surface area contributed by atoms with Gasteiger partial charge in [0.25, 0.3) is 12.8 Å². The Morgan fingerprint density at radius 3 is 2.00 bits per heavy atom. The minimum Gasteiger partial charge on any atom is -0.457 e. The highest BCUT2D eigenvalue weighted by molar-refractivity contribution is 5.41. The summed E-state index contributed by atoms with van der Waals surface area (Å²) in [4.78, 5) is 0. The van der Waals surface area contributed by atoms with Gasteiger partial charge >= 0.3 is 0 Å². The molecule has 0 saturated heterocycles. The fourth-order valence-corrected chi connectivity index (χ4v) is 0.856. The number of nitrogens with two attached hydrogens (primary N) is 1. The number of alkyl halides is 4. The number of anilines is 1. The van der Waals surface area contributed by atoms with E-state index in [4.69, 9.17) is 5.73 Å². The van der Waals surface area contributed by atoms with Gasteiger partial charge < -0.3 is 10.5 Å². The molecule has 0 aliphatic carbocycles. The summed E-state index contributed by atoms with van der Waals surface area (Å²) in [6.45, 7) is 0. The molecule has 1 rings (SSSR count). The van der Waals surface area contributed by atoms with Crippen molar-refractivity contribution in [3.63, 3.8) is 0 Å². The number of hydrogen-bond acceptors (Lipinski definition) is 2. The first kappa shape index (κ1) is 11.6. The summed E-state index contributed by atoms with van der Waals surface area (Å²) in [5.41, 5.74) is 5.73. The van der Waals surface area contributed by atoms with E-state index in [1.165, 1.54) is 24.3 Å². The maximum atomic E-state index is 12.7. The van der Waals surface area contributed by atoms with Crippen molar-refractivity contribution >= 4 is 5.69 Å². The van der Waals surface area contributed by atoms with E-state index in [-0.39, 0.29) is 5.75 Å². The molecule has 0 spiro atoms. The van der Waals surface area contributed by atoms with Gasteiger partial charge in [-0.15, -0.1) is 0 Å². The van der Waals surface area contributed by atoms with E-state index >= 15 is 0 Å². The first-order valence-corrected chi connectivity index (χ1v) is 4.09. The van der Waals surface area contributed by atoms with Crippen LogP contribution in [-0.2, 0) is 0 Å². The molecule has 2 N–H and O–H groups in total. The zero-order valence-electron chi connectivity index (χ0n) is 7.54. The second kappa shape index (κ2) is 4.86. The third-order valence-corrected chi connectivity index (χ3v) is 1.62. The molecule has 6 heteroatoms. The number of benzene rings is 1. The average Bonchev–Trinajstić information content (AvgIpc) is 2.20. The van der Waals surface area contributed by atoms with E-state index in [2.05, 4.69) is 4.74 Å². The molecule has 0 amide bonds. The fraction of sp³-hybridized carbons (Fsp3) is 0.333. The highest BCUT2D eigenvalue weighted by Crippen LogP contribution is 2.20. The Morgan fingerprint density at radius 1 is 1.00 bits per heavy atom. The van der Waals surface area contributed by atoms with Gasteiger partial charge in [0.15, 0.2) is 0 Å². The van der Waals surface area contributed by atoms with Crippen molar-refractivity contribution in [1.29, 1.82) is 0 Å². The monoisotopic (exact) mass is 223 g/mol. The van der Waals surface area contributed by atoms with E-state index in [0.717, 1.165) is 0 Å². The first-order chi connectivity index (χ1) is 7.00. The largest absolute Gasteiger partial charge is 0.457 e. The van der Waals surface area contributed by atoms with Gasteiger partial charge in [0, 0.05) is 5.69 Å². The molecule has 0 aromatic heterocycles. The van der Waals surface area contributed by atoms with Crippen LogP contribution in [0.15, 0.2) is 24.3 Å². The van der Waals surface area contributed by atoms with E-state index in [0.29, 0.717) is 5.69 Å². The maximum Gasteiger partial charge on any atom is 0.275 e. The molecule has 15 heavy (non-hydrogen) atoms. The van der Waals surface area contributed by atoms with Crippen LogP contribution in [0.4, 0.5) is 23.2 Å². The van der Waals surface area contributed by atoms with Crippen LogP contribution in [0.5, 0.6) is 5.75 Å². The predicted molar refractivity (Wildman–Crippen MR) is 47.3 cm³/mol. The smallest absolute Gasteiger partial charge is 0.275 e. The zero-order valence-corrected chi connectivity index (χ0v) is 7.54. The van der Waals surface area contributed by atoms with Crippen molar-refractivity contribution in [2.24, 2.45) is 0 Å². The number of halogens is 4. The normalized spacial score (nSPS) is 15.0. The van der Waals surface area contributed by atoms with Crippen LogP contribution < -0.4 is 10.5 Å². The van der Waals surface area contributed by atoms with Gasteiger partial charge in [-0.2, -0.15) is 4.39 Å². The minimum absolute atomic E-state index is 0.0556. The number of ether oxygens (including phenoxy) is 1. The molecule has 1 aromatic rings. The summed E-state index contributed by atoms with van der Waals surface area (Å²) in [5.74, 6) is -0.0556. The average molecular weight is 223 g/mol. The molecule has 0 radical (unpaired) electrons.